The van der Waals surface area contributed by atoms with Gasteiger partial charge >= 0.3 is 0 Å². The summed E-state index contributed by atoms with van der Waals surface area (Å²) in [7, 11) is -0.706. The van der Waals surface area contributed by atoms with Crippen molar-refractivity contribution in [1.29, 1.82) is 0 Å². The Hall–Kier alpha value is -1.03. The lowest BCUT2D eigenvalue weighted by Crippen LogP contribution is -2.41. The summed E-state index contributed by atoms with van der Waals surface area (Å²) in [4.78, 5) is 16.7. The SMILES string of the molecule is Cc1ccc(C(=O)C2CC3CCCC(C2)S3=O)nc1. The van der Waals surface area contributed by atoms with Gasteiger partial charge in [0, 0.05) is 33.4 Å². The van der Waals surface area contributed by atoms with Gasteiger partial charge in [-0.3, -0.25) is 14.0 Å². The molecule has 0 aliphatic carbocycles. The molecule has 4 heteroatoms. The Morgan fingerprint density at radius 2 is 1.95 bits per heavy atom. The zero-order valence-corrected chi connectivity index (χ0v) is 12.0. The van der Waals surface area contributed by atoms with Crippen molar-refractivity contribution < 1.29 is 9.00 Å². The van der Waals surface area contributed by atoms with Crippen LogP contribution in [0.25, 0.3) is 0 Å². The Morgan fingerprint density at radius 1 is 1.26 bits per heavy atom. The number of carbonyl (C=O) groups excluding carboxylic acids is 1. The van der Waals surface area contributed by atoms with Gasteiger partial charge in [0.15, 0.2) is 5.78 Å². The largest absolute Gasteiger partial charge is 0.292 e. The highest BCUT2D eigenvalue weighted by molar-refractivity contribution is 7.86. The van der Waals surface area contributed by atoms with Crippen LogP contribution in [-0.4, -0.2) is 25.5 Å². The Labute approximate surface area is 116 Å². The number of Topliss-reactive ketones (excluding diaryl/α,β-unsaturated/α-hetero) is 1. The van der Waals surface area contributed by atoms with Crippen molar-refractivity contribution in [2.24, 2.45) is 5.92 Å². The van der Waals surface area contributed by atoms with Crippen LogP contribution in [0.15, 0.2) is 18.3 Å². The molecule has 0 radical (unpaired) electrons. The summed E-state index contributed by atoms with van der Waals surface area (Å²) in [5.74, 6) is 0.178. The Balaban J connectivity index is 1.78. The highest BCUT2D eigenvalue weighted by Gasteiger charge is 2.40. The van der Waals surface area contributed by atoms with Crippen LogP contribution in [0.3, 0.4) is 0 Å². The van der Waals surface area contributed by atoms with E-state index in [1.807, 2.05) is 19.1 Å². The lowest BCUT2D eigenvalue weighted by molar-refractivity contribution is 0.0890. The first-order valence-electron chi connectivity index (χ1n) is 7.01. The number of carbonyl (C=O) groups is 1. The lowest BCUT2D eigenvalue weighted by atomic mass is 9.85. The molecule has 1 aromatic heterocycles. The minimum Gasteiger partial charge on any atom is -0.292 e. The Morgan fingerprint density at radius 3 is 2.53 bits per heavy atom. The molecule has 19 heavy (non-hydrogen) atoms. The van der Waals surface area contributed by atoms with Gasteiger partial charge < -0.3 is 0 Å². The molecular weight excluding hydrogens is 258 g/mol. The summed E-state index contributed by atoms with van der Waals surface area (Å²) < 4.78 is 12.1. The number of hydrogen-bond acceptors (Lipinski definition) is 3. The van der Waals surface area contributed by atoms with Gasteiger partial charge in [-0.05, 0) is 44.2 Å². The second-order valence-corrected chi connectivity index (χ2v) is 7.75. The predicted molar refractivity (Wildman–Crippen MR) is 75.6 cm³/mol. The minimum absolute atomic E-state index is 0.0307. The summed E-state index contributed by atoms with van der Waals surface area (Å²) in [5.41, 5.74) is 1.64. The average molecular weight is 277 g/mol. The molecule has 2 atom stereocenters. The summed E-state index contributed by atoms with van der Waals surface area (Å²) in [6.07, 6.45) is 6.54. The van der Waals surface area contributed by atoms with Crippen LogP contribution in [0.2, 0.25) is 0 Å². The molecule has 0 N–H and O–H groups in total. The molecule has 3 heterocycles. The van der Waals surface area contributed by atoms with Crippen molar-refractivity contribution in [2.45, 2.75) is 49.5 Å². The maximum Gasteiger partial charge on any atom is 0.184 e. The van der Waals surface area contributed by atoms with E-state index in [2.05, 4.69) is 4.98 Å². The minimum atomic E-state index is -0.706. The van der Waals surface area contributed by atoms with E-state index < -0.39 is 10.8 Å². The van der Waals surface area contributed by atoms with Gasteiger partial charge in [0.05, 0.1) is 0 Å². The third-order valence-corrected chi connectivity index (χ3v) is 6.51. The first-order chi connectivity index (χ1) is 9.15. The number of fused-ring (bicyclic) bond motifs is 2. The van der Waals surface area contributed by atoms with E-state index in [0.717, 1.165) is 31.2 Å². The number of aryl methyl sites for hydroxylation is 1. The molecule has 2 aliphatic rings. The molecule has 2 saturated heterocycles. The van der Waals surface area contributed by atoms with Gasteiger partial charge in [-0.1, -0.05) is 12.5 Å². The molecule has 0 saturated carbocycles. The van der Waals surface area contributed by atoms with Crippen molar-refractivity contribution in [3.63, 3.8) is 0 Å². The molecule has 3 rings (SSSR count). The summed E-state index contributed by atoms with van der Waals surface area (Å²) in [6, 6.07) is 3.75. The average Bonchev–Trinajstić information content (AvgIpc) is 2.38. The zero-order chi connectivity index (χ0) is 13.4. The van der Waals surface area contributed by atoms with E-state index in [-0.39, 0.29) is 22.2 Å². The molecule has 2 bridgehead atoms. The zero-order valence-electron chi connectivity index (χ0n) is 11.2. The topological polar surface area (TPSA) is 47.0 Å². The van der Waals surface area contributed by atoms with Gasteiger partial charge in [0.1, 0.15) is 5.69 Å². The smallest absolute Gasteiger partial charge is 0.184 e. The molecule has 2 fully saturated rings. The molecule has 3 nitrogen and oxygen atoms in total. The van der Waals surface area contributed by atoms with Crippen molar-refractivity contribution in [2.75, 3.05) is 0 Å². The van der Waals surface area contributed by atoms with Crippen LogP contribution in [0.5, 0.6) is 0 Å². The Kier molecular flexibility index (Phi) is 3.52. The first kappa shape index (κ1) is 13.0. The molecule has 2 aliphatic heterocycles. The Bertz CT molecular complexity index is 495. The van der Waals surface area contributed by atoms with Crippen LogP contribution >= 0.6 is 0 Å². The number of rotatable bonds is 2. The number of pyridine rings is 1. The van der Waals surface area contributed by atoms with Gasteiger partial charge in [0.2, 0.25) is 0 Å². The molecular formula is C15H19NO2S. The van der Waals surface area contributed by atoms with Gasteiger partial charge in [-0.15, -0.1) is 0 Å². The second-order valence-electron chi connectivity index (χ2n) is 5.76. The molecule has 2 unspecified atom stereocenters. The fourth-order valence-electron chi connectivity index (χ4n) is 3.27. The van der Waals surface area contributed by atoms with Crippen molar-refractivity contribution in [3.8, 4) is 0 Å². The normalized spacial score (nSPS) is 33.9. The monoisotopic (exact) mass is 277 g/mol. The van der Waals surface area contributed by atoms with Crippen molar-refractivity contribution >= 4 is 16.6 Å². The van der Waals surface area contributed by atoms with Gasteiger partial charge in [0.25, 0.3) is 0 Å². The predicted octanol–water partition coefficient (Wildman–Crippen LogP) is 2.65. The maximum atomic E-state index is 12.5. The van der Waals surface area contributed by atoms with Crippen LogP contribution in [0.1, 0.15) is 48.2 Å². The third kappa shape index (κ3) is 2.50. The fourth-order valence-corrected chi connectivity index (χ4v) is 5.46. The fraction of sp³-hybridized carbons (Fsp3) is 0.600. The number of nitrogens with zero attached hydrogens (tertiary/aromatic N) is 1. The van der Waals surface area contributed by atoms with E-state index >= 15 is 0 Å². The standard InChI is InChI=1S/C15H19NO2S/c1-10-5-6-14(16-9-10)15(17)11-7-12-3-2-4-13(8-11)19(12)18/h5-6,9,11-13H,2-4,7-8H2,1H3. The molecule has 1 aromatic rings. The van der Waals surface area contributed by atoms with Crippen LogP contribution < -0.4 is 0 Å². The first-order valence-corrected chi connectivity index (χ1v) is 8.29. The van der Waals surface area contributed by atoms with Crippen LogP contribution in [0, 0.1) is 12.8 Å². The van der Waals surface area contributed by atoms with E-state index in [1.165, 1.54) is 6.42 Å². The summed E-state index contributed by atoms with van der Waals surface area (Å²) >= 11 is 0. The highest BCUT2D eigenvalue weighted by atomic mass is 32.2. The van der Waals surface area contributed by atoms with E-state index in [1.54, 1.807) is 6.20 Å². The van der Waals surface area contributed by atoms with E-state index in [0.29, 0.717) is 5.69 Å². The van der Waals surface area contributed by atoms with Gasteiger partial charge in [-0.25, -0.2) is 0 Å². The molecule has 0 amide bonds. The van der Waals surface area contributed by atoms with Crippen molar-refractivity contribution in [3.05, 3.63) is 29.6 Å². The molecule has 0 aromatic carbocycles. The lowest BCUT2D eigenvalue weighted by Gasteiger charge is -2.37. The van der Waals surface area contributed by atoms with Crippen molar-refractivity contribution in [1.82, 2.24) is 4.98 Å². The number of hydrogen-bond donors (Lipinski definition) is 0. The number of aromatic nitrogens is 1. The maximum absolute atomic E-state index is 12.5. The van der Waals surface area contributed by atoms with Gasteiger partial charge in [-0.2, -0.15) is 0 Å². The molecule has 102 valence electrons. The quantitative estimate of drug-likeness (QED) is 0.781. The van der Waals surface area contributed by atoms with Crippen LogP contribution in [0.4, 0.5) is 0 Å². The summed E-state index contributed by atoms with van der Waals surface area (Å²) in [6.45, 7) is 1.97. The van der Waals surface area contributed by atoms with E-state index in [4.69, 9.17) is 0 Å². The highest BCUT2D eigenvalue weighted by Crippen LogP contribution is 2.38. The van der Waals surface area contributed by atoms with Crippen LogP contribution in [-0.2, 0) is 10.8 Å². The van der Waals surface area contributed by atoms with E-state index in [9.17, 15) is 9.00 Å². The second kappa shape index (κ2) is 5.16. The number of ketones is 1. The summed E-state index contributed by atoms with van der Waals surface area (Å²) in [5, 5.41) is 0.485. The molecule has 0 spiro atoms. The third-order valence-electron chi connectivity index (χ3n) is 4.34.